The Bertz CT molecular complexity index is 1580. The Morgan fingerprint density at radius 3 is 2.57 bits per heavy atom. The third kappa shape index (κ3) is 5.56. The van der Waals surface area contributed by atoms with Crippen LogP contribution in [-0.2, 0) is 14.3 Å². The summed E-state index contributed by atoms with van der Waals surface area (Å²) in [6.07, 6.45) is 1.66. The number of allylic oxidation sites excluding steroid dienone is 1. The van der Waals surface area contributed by atoms with Crippen molar-refractivity contribution in [2.75, 3.05) is 13.2 Å². The number of hydrogen-bond donors (Lipinski definition) is 1. The molecule has 192 valence electrons. The van der Waals surface area contributed by atoms with Crippen LogP contribution in [0.1, 0.15) is 36.6 Å². The minimum Gasteiger partial charge on any atom is -0.479 e. The smallest absolute Gasteiger partial charge is 0.341 e. The standard InChI is InChI=1S/C26H22BrClN2O6S/c1-4-35-25(34)21-14(3)29-26-30(22(21)16-7-5-13(2)6-8-16)24(33)19(37-26)11-15-9-17(27)23(18(28)10-15)36-12-20(31)32/h5-11,22H,4,12H2,1-3H3,(H,31,32)/b19-11+/t22-/m1/s1. The lowest BCUT2D eigenvalue weighted by Crippen LogP contribution is -2.39. The van der Waals surface area contributed by atoms with Crippen molar-refractivity contribution in [3.8, 4) is 5.75 Å². The predicted molar refractivity (Wildman–Crippen MR) is 144 cm³/mol. The Labute approximate surface area is 229 Å². The van der Waals surface area contributed by atoms with Crippen molar-refractivity contribution in [3.05, 3.63) is 93.5 Å². The van der Waals surface area contributed by atoms with Crippen LogP contribution in [0.25, 0.3) is 6.08 Å². The van der Waals surface area contributed by atoms with Crippen LogP contribution in [0.4, 0.5) is 0 Å². The highest BCUT2D eigenvalue weighted by molar-refractivity contribution is 9.10. The third-order valence-electron chi connectivity index (χ3n) is 5.57. The van der Waals surface area contributed by atoms with Crippen molar-refractivity contribution in [1.29, 1.82) is 0 Å². The number of rotatable bonds is 7. The van der Waals surface area contributed by atoms with E-state index in [1.54, 1.807) is 32.1 Å². The lowest BCUT2D eigenvalue weighted by molar-refractivity contribution is -0.140. The molecule has 37 heavy (non-hydrogen) atoms. The van der Waals surface area contributed by atoms with E-state index in [1.165, 1.54) is 15.9 Å². The molecule has 8 nitrogen and oxygen atoms in total. The summed E-state index contributed by atoms with van der Waals surface area (Å²) < 4.78 is 12.9. The molecule has 2 heterocycles. The zero-order valence-corrected chi connectivity index (χ0v) is 23.2. The molecule has 0 fully saturated rings. The lowest BCUT2D eigenvalue weighted by Gasteiger charge is -2.24. The normalized spacial score (nSPS) is 15.3. The molecule has 0 amide bonds. The minimum absolute atomic E-state index is 0.188. The summed E-state index contributed by atoms with van der Waals surface area (Å²) in [4.78, 5) is 42.5. The molecule has 0 saturated carbocycles. The molecule has 3 aromatic rings. The van der Waals surface area contributed by atoms with E-state index in [4.69, 9.17) is 26.2 Å². The topological polar surface area (TPSA) is 107 Å². The van der Waals surface area contributed by atoms with E-state index in [9.17, 15) is 14.4 Å². The van der Waals surface area contributed by atoms with E-state index in [0.717, 1.165) is 11.1 Å². The Morgan fingerprint density at radius 1 is 1.24 bits per heavy atom. The molecule has 0 saturated heterocycles. The molecule has 0 aliphatic carbocycles. The number of esters is 1. The molecule has 1 aromatic heterocycles. The van der Waals surface area contributed by atoms with Gasteiger partial charge >= 0.3 is 11.9 Å². The second-order valence-corrected chi connectivity index (χ2v) is 10.5. The van der Waals surface area contributed by atoms with Gasteiger partial charge in [0.15, 0.2) is 17.2 Å². The third-order valence-corrected chi connectivity index (χ3v) is 7.42. The number of carboxylic acids is 1. The maximum Gasteiger partial charge on any atom is 0.341 e. The molecular formula is C26H22BrClN2O6S. The summed E-state index contributed by atoms with van der Waals surface area (Å²) >= 11 is 10.9. The number of hydrogen-bond acceptors (Lipinski definition) is 7. The molecule has 0 spiro atoms. The molecule has 1 aliphatic heterocycles. The quantitative estimate of drug-likeness (QED) is 0.408. The number of carbonyl (C=O) groups is 2. The Kier molecular flexibility index (Phi) is 8.01. The molecule has 0 radical (unpaired) electrons. The lowest BCUT2D eigenvalue weighted by atomic mass is 9.95. The van der Waals surface area contributed by atoms with Crippen LogP contribution in [0.5, 0.6) is 5.75 Å². The van der Waals surface area contributed by atoms with Crippen molar-refractivity contribution >= 4 is 56.9 Å². The molecule has 1 atom stereocenters. The fourth-order valence-corrected chi connectivity index (χ4v) is 5.98. The largest absolute Gasteiger partial charge is 0.479 e. The number of aliphatic carboxylic acids is 1. The maximum absolute atomic E-state index is 13.7. The van der Waals surface area contributed by atoms with E-state index in [-0.39, 0.29) is 22.9 Å². The number of fused-ring (bicyclic) bond motifs is 1. The molecule has 1 N–H and O–H groups in total. The summed E-state index contributed by atoms with van der Waals surface area (Å²) in [5, 5.41) is 9.06. The Hall–Kier alpha value is -3.21. The first-order chi connectivity index (χ1) is 17.6. The van der Waals surface area contributed by atoms with Gasteiger partial charge < -0.3 is 14.6 Å². The molecule has 0 unspecified atom stereocenters. The van der Waals surface area contributed by atoms with Gasteiger partial charge in [-0.1, -0.05) is 52.8 Å². The SMILES string of the molecule is CCOC(=O)C1=C(C)N=c2s/c(=C/c3cc(Cl)c(OCC(=O)O)c(Br)c3)c(=O)n2[C@@H]1c1ccc(C)cc1. The molecule has 4 rings (SSSR count). The highest BCUT2D eigenvalue weighted by Gasteiger charge is 2.33. The van der Waals surface area contributed by atoms with Crippen molar-refractivity contribution < 1.29 is 24.2 Å². The van der Waals surface area contributed by atoms with Crippen molar-refractivity contribution in [1.82, 2.24) is 4.57 Å². The van der Waals surface area contributed by atoms with E-state index >= 15 is 0 Å². The number of thiazole rings is 1. The number of ether oxygens (including phenoxy) is 2. The zero-order chi connectivity index (χ0) is 26.9. The van der Waals surface area contributed by atoms with Crippen LogP contribution < -0.4 is 19.6 Å². The number of aryl methyl sites for hydroxylation is 1. The number of benzene rings is 2. The van der Waals surface area contributed by atoms with Gasteiger partial charge in [0, 0.05) is 0 Å². The van der Waals surface area contributed by atoms with Crippen LogP contribution >= 0.6 is 38.9 Å². The number of aromatic nitrogens is 1. The van der Waals surface area contributed by atoms with Gasteiger partial charge in [0.2, 0.25) is 0 Å². The van der Waals surface area contributed by atoms with Gasteiger partial charge in [-0.3, -0.25) is 9.36 Å². The van der Waals surface area contributed by atoms with Gasteiger partial charge in [0.25, 0.3) is 5.56 Å². The van der Waals surface area contributed by atoms with Crippen LogP contribution in [0.2, 0.25) is 5.02 Å². The van der Waals surface area contributed by atoms with Crippen molar-refractivity contribution in [2.45, 2.75) is 26.8 Å². The first-order valence-electron chi connectivity index (χ1n) is 11.2. The fraction of sp³-hybridized carbons (Fsp3) is 0.231. The highest BCUT2D eigenvalue weighted by atomic mass is 79.9. The first-order valence-corrected chi connectivity index (χ1v) is 13.2. The van der Waals surface area contributed by atoms with Gasteiger partial charge in [-0.2, -0.15) is 0 Å². The summed E-state index contributed by atoms with van der Waals surface area (Å²) in [5.41, 5.74) is 2.90. The van der Waals surface area contributed by atoms with Crippen molar-refractivity contribution in [2.24, 2.45) is 4.99 Å². The summed E-state index contributed by atoms with van der Waals surface area (Å²) in [7, 11) is 0. The summed E-state index contributed by atoms with van der Waals surface area (Å²) in [6, 6.07) is 10.2. The number of nitrogens with zero attached hydrogens (tertiary/aromatic N) is 2. The minimum atomic E-state index is -1.13. The number of carboxylic acid groups (broad SMARTS) is 1. The average Bonchev–Trinajstić information content (AvgIpc) is 3.12. The zero-order valence-electron chi connectivity index (χ0n) is 20.1. The van der Waals surface area contributed by atoms with Crippen LogP contribution in [0, 0.1) is 6.92 Å². The van der Waals surface area contributed by atoms with Gasteiger partial charge in [-0.05, 0) is 66.0 Å². The van der Waals surface area contributed by atoms with Crippen molar-refractivity contribution in [3.63, 3.8) is 0 Å². The molecule has 1 aliphatic rings. The van der Waals surface area contributed by atoms with Crippen LogP contribution in [0.15, 0.2) is 61.9 Å². The van der Waals surface area contributed by atoms with E-state index in [0.29, 0.717) is 30.6 Å². The second kappa shape index (κ2) is 11.0. The molecule has 2 aromatic carbocycles. The highest BCUT2D eigenvalue weighted by Crippen LogP contribution is 2.35. The first kappa shape index (κ1) is 26.8. The van der Waals surface area contributed by atoms with E-state index < -0.39 is 24.6 Å². The predicted octanol–water partition coefficient (Wildman–Crippen LogP) is 3.99. The molecule has 11 heteroatoms. The molecular weight excluding hydrogens is 584 g/mol. The van der Waals surface area contributed by atoms with E-state index in [1.807, 2.05) is 31.2 Å². The van der Waals surface area contributed by atoms with Gasteiger partial charge in [-0.25, -0.2) is 14.6 Å². The van der Waals surface area contributed by atoms with Crippen LogP contribution in [-0.4, -0.2) is 34.8 Å². The monoisotopic (exact) mass is 604 g/mol. The fourth-order valence-electron chi connectivity index (χ4n) is 3.94. The summed E-state index contributed by atoms with van der Waals surface area (Å²) in [6.45, 7) is 5.08. The van der Waals surface area contributed by atoms with Crippen LogP contribution in [0.3, 0.4) is 0 Å². The van der Waals surface area contributed by atoms with Gasteiger partial charge in [0.1, 0.15) is 0 Å². The van der Waals surface area contributed by atoms with E-state index in [2.05, 4.69) is 20.9 Å². The Morgan fingerprint density at radius 2 is 1.95 bits per heavy atom. The average molecular weight is 606 g/mol. The second-order valence-electron chi connectivity index (χ2n) is 8.21. The number of carbonyl (C=O) groups excluding carboxylic acids is 1. The summed E-state index contributed by atoms with van der Waals surface area (Å²) in [5.74, 6) is -1.46. The van der Waals surface area contributed by atoms with Gasteiger partial charge in [-0.15, -0.1) is 0 Å². The molecule has 0 bridgehead atoms. The Balaban J connectivity index is 1.86. The van der Waals surface area contributed by atoms with Gasteiger partial charge in [0.05, 0.1) is 37.9 Å². The maximum atomic E-state index is 13.7. The number of halogens is 2.